The molecule has 0 fully saturated rings. The Kier molecular flexibility index (Phi) is 8.02. The number of hydrogen-bond donors (Lipinski definition) is 2. The molecule has 0 saturated heterocycles. The monoisotopic (exact) mass is 384 g/mol. The molecule has 2 aromatic carbocycles. The summed E-state index contributed by atoms with van der Waals surface area (Å²) in [4.78, 5) is 27.1. The molecule has 0 bridgehead atoms. The lowest BCUT2D eigenvalue weighted by atomic mass is 9.98. The van der Waals surface area contributed by atoms with Crippen LogP contribution in [0.5, 0.6) is 5.75 Å². The Hall–Kier alpha value is -2.86. The van der Waals surface area contributed by atoms with Gasteiger partial charge in [-0.3, -0.25) is 14.5 Å². The second-order valence-corrected chi connectivity index (χ2v) is 6.72. The van der Waals surface area contributed by atoms with Gasteiger partial charge in [-0.2, -0.15) is 0 Å². The van der Waals surface area contributed by atoms with E-state index >= 15 is 0 Å². The van der Waals surface area contributed by atoms with Crippen LogP contribution in [0.3, 0.4) is 0 Å². The number of nitrogens with one attached hydrogen (secondary N) is 1. The highest BCUT2D eigenvalue weighted by molar-refractivity contribution is 5.84. The summed E-state index contributed by atoms with van der Waals surface area (Å²) in [5.74, 6) is -0.884. The Morgan fingerprint density at radius 1 is 1.11 bits per heavy atom. The van der Waals surface area contributed by atoms with Gasteiger partial charge in [0.2, 0.25) is 5.91 Å². The number of rotatable bonds is 9. The molecular weight excluding hydrogens is 356 g/mol. The largest absolute Gasteiger partial charge is 0.508 e. The lowest BCUT2D eigenvalue weighted by Gasteiger charge is -2.27. The first-order valence-electron chi connectivity index (χ1n) is 9.34. The maximum absolute atomic E-state index is 12.9. The normalized spacial score (nSPS) is 13.0. The quantitative estimate of drug-likeness (QED) is 0.650. The van der Waals surface area contributed by atoms with Crippen LogP contribution in [0.2, 0.25) is 0 Å². The highest BCUT2D eigenvalue weighted by Crippen LogP contribution is 2.20. The topological polar surface area (TPSA) is 78.9 Å². The molecule has 28 heavy (non-hydrogen) atoms. The summed E-state index contributed by atoms with van der Waals surface area (Å²) in [7, 11) is 3.23. The molecule has 1 amide bonds. The number of phenols is 1. The van der Waals surface area contributed by atoms with Gasteiger partial charge < -0.3 is 15.2 Å². The van der Waals surface area contributed by atoms with Crippen molar-refractivity contribution in [1.29, 1.82) is 0 Å². The maximum atomic E-state index is 12.9. The minimum absolute atomic E-state index is 0.157. The van der Waals surface area contributed by atoms with E-state index in [4.69, 9.17) is 4.74 Å². The third-order valence-electron chi connectivity index (χ3n) is 4.78. The van der Waals surface area contributed by atoms with Crippen molar-refractivity contribution in [2.45, 2.75) is 19.4 Å². The molecule has 0 aliphatic carbocycles. The number of methoxy groups -OCH3 is 1. The lowest BCUT2D eigenvalue weighted by Crippen LogP contribution is -2.42. The SMILES string of the molecule is CCN(C)C(C(=O)NCC(Cc1ccc(O)cc1)C(=O)OC)c1ccccc1. The zero-order valence-electron chi connectivity index (χ0n) is 16.6. The van der Waals surface area contributed by atoms with E-state index in [1.165, 1.54) is 7.11 Å². The van der Waals surface area contributed by atoms with Crippen molar-refractivity contribution in [3.8, 4) is 5.75 Å². The van der Waals surface area contributed by atoms with Crippen molar-refractivity contribution >= 4 is 11.9 Å². The van der Waals surface area contributed by atoms with Crippen LogP contribution < -0.4 is 5.32 Å². The molecule has 2 N–H and O–H groups in total. The highest BCUT2D eigenvalue weighted by atomic mass is 16.5. The van der Waals surface area contributed by atoms with E-state index in [0.29, 0.717) is 13.0 Å². The number of phenolic OH excluding ortho intramolecular Hbond substituents is 1. The molecule has 0 spiro atoms. The predicted octanol–water partition coefficient (Wildman–Crippen LogP) is 2.53. The average molecular weight is 384 g/mol. The fourth-order valence-electron chi connectivity index (χ4n) is 3.07. The van der Waals surface area contributed by atoms with Crippen LogP contribution in [0.1, 0.15) is 24.1 Å². The van der Waals surface area contributed by atoms with Gasteiger partial charge in [0.05, 0.1) is 13.0 Å². The average Bonchev–Trinajstić information content (AvgIpc) is 2.72. The number of benzene rings is 2. The van der Waals surface area contributed by atoms with Crippen LogP contribution in [-0.4, -0.2) is 49.1 Å². The minimum Gasteiger partial charge on any atom is -0.508 e. The molecule has 2 aromatic rings. The number of likely N-dealkylation sites (N-methyl/N-ethyl adjacent to an activating group) is 1. The summed E-state index contributed by atoms with van der Waals surface area (Å²) in [5, 5.41) is 12.3. The zero-order chi connectivity index (χ0) is 20.5. The van der Waals surface area contributed by atoms with Gasteiger partial charge in [0.15, 0.2) is 0 Å². The molecule has 0 aliphatic heterocycles. The smallest absolute Gasteiger partial charge is 0.310 e. The zero-order valence-corrected chi connectivity index (χ0v) is 16.6. The first-order chi connectivity index (χ1) is 13.5. The fraction of sp³-hybridized carbons (Fsp3) is 0.364. The number of carbonyl (C=O) groups excluding carboxylic acids is 2. The highest BCUT2D eigenvalue weighted by Gasteiger charge is 2.26. The number of aromatic hydroxyl groups is 1. The molecule has 6 nitrogen and oxygen atoms in total. The Bertz CT molecular complexity index is 762. The molecule has 2 atom stereocenters. The summed E-state index contributed by atoms with van der Waals surface area (Å²) in [6.45, 7) is 2.87. The van der Waals surface area contributed by atoms with Crippen molar-refractivity contribution in [3.05, 3.63) is 65.7 Å². The predicted molar refractivity (Wildman–Crippen MR) is 108 cm³/mol. The van der Waals surface area contributed by atoms with Crippen LogP contribution in [-0.2, 0) is 20.7 Å². The second kappa shape index (κ2) is 10.5. The number of hydrogen-bond acceptors (Lipinski definition) is 5. The van der Waals surface area contributed by atoms with Gasteiger partial charge in [-0.15, -0.1) is 0 Å². The van der Waals surface area contributed by atoms with E-state index in [9.17, 15) is 14.7 Å². The standard InChI is InChI=1S/C22H28N2O4/c1-4-24(2)20(17-8-6-5-7-9-17)21(26)23-15-18(22(27)28-3)14-16-10-12-19(25)13-11-16/h5-13,18,20,25H,4,14-15H2,1-3H3,(H,23,26). The van der Waals surface area contributed by atoms with E-state index in [1.807, 2.05) is 49.2 Å². The van der Waals surface area contributed by atoms with Gasteiger partial charge in [-0.1, -0.05) is 49.4 Å². The second-order valence-electron chi connectivity index (χ2n) is 6.72. The van der Waals surface area contributed by atoms with Crippen LogP contribution in [0.25, 0.3) is 0 Å². The van der Waals surface area contributed by atoms with E-state index in [1.54, 1.807) is 24.3 Å². The van der Waals surface area contributed by atoms with Crippen molar-refractivity contribution in [2.24, 2.45) is 5.92 Å². The van der Waals surface area contributed by atoms with Gasteiger partial charge in [-0.25, -0.2) is 0 Å². The summed E-state index contributed by atoms with van der Waals surface area (Å²) >= 11 is 0. The first-order valence-corrected chi connectivity index (χ1v) is 9.34. The Balaban J connectivity index is 2.10. The van der Waals surface area contributed by atoms with Crippen molar-refractivity contribution in [1.82, 2.24) is 10.2 Å². The summed E-state index contributed by atoms with van der Waals surface area (Å²) in [6, 6.07) is 15.8. The third-order valence-corrected chi connectivity index (χ3v) is 4.78. The van der Waals surface area contributed by atoms with Crippen molar-refractivity contribution in [2.75, 3.05) is 27.2 Å². The van der Waals surface area contributed by atoms with Crippen LogP contribution in [0.15, 0.2) is 54.6 Å². The minimum atomic E-state index is -0.512. The van der Waals surface area contributed by atoms with Gasteiger partial charge in [0, 0.05) is 6.54 Å². The van der Waals surface area contributed by atoms with Gasteiger partial charge >= 0.3 is 5.97 Å². The van der Waals surface area contributed by atoms with Gasteiger partial charge in [0.25, 0.3) is 0 Å². The van der Waals surface area contributed by atoms with Crippen molar-refractivity contribution < 1.29 is 19.4 Å². The molecule has 150 valence electrons. The summed E-state index contributed by atoms with van der Waals surface area (Å²) in [5.41, 5.74) is 1.78. The lowest BCUT2D eigenvalue weighted by molar-refractivity contribution is -0.145. The Morgan fingerprint density at radius 2 is 1.75 bits per heavy atom. The summed E-state index contributed by atoms with van der Waals surface area (Å²) in [6.07, 6.45) is 0.410. The van der Waals surface area contributed by atoms with Gasteiger partial charge in [0.1, 0.15) is 11.8 Å². The Labute approximate surface area is 166 Å². The molecule has 0 aliphatic rings. The van der Waals surface area contributed by atoms with E-state index in [0.717, 1.165) is 11.1 Å². The van der Waals surface area contributed by atoms with Crippen LogP contribution in [0.4, 0.5) is 0 Å². The number of ether oxygens (including phenoxy) is 1. The summed E-state index contributed by atoms with van der Waals surface area (Å²) < 4.78 is 4.90. The molecule has 0 aromatic heterocycles. The first kappa shape index (κ1) is 21.4. The molecule has 2 rings (SSSR count). The fourth-order valence-corrected chi connectivity index (χ4v) is 3.07. The number of esters is 1. The van der Waals surface area contributed by atoms with Crippen molar-refractivity contribution in [3.63, 3.8) is 0 Å². The molecule has 0 heterocycles. The van der Waals surface area contributed by atoms with Crippen LogP contribution in [0, 0.1) is 5.92 Å². The molecular formula is C22H28N2O4. The third kappa shape index (κ3) is 5.82. The van der Waals surface area contributed by atoms with Gasteiger partial charge in [-0.05, 0) is 43.3 Å². The maximum Gasteiger partial charge on any atom is 0.310 e. The van der Waals surface area contributed by atoms with E-state index < -0.39 is 12.0 Å². The molecule has 0 radical (unpaired) electrons. The number of carbonyl (C=O) groups is 2. The molecule has 6 heteroatoms. The molecule has 0 saturated carbocycles. The van der Waals surface area contributed by atoms with Crippen LogP contribution >= 0.6 is 0 Å². The number of amides is 1. The molecule has 2 unspecified atom stereocenters. The van der Waals surface area contributed by atoms with E-state index in [2.05, 4.69) is 5.32 Å². The number of nitrogens with zero attached hydrogens (tertiary/aromatic N) is 1. The van der Waals surface area contributed by atoms with E-state index in [-0.39, 0.29) is 24.2 Å². The Morgan fingerprint density at radius 3 is 2.32 bits per heavy atom.